The van der Waals surface area contributed by atoms with Gasteiger partial charge in [0.05, 0.1) is 6.54 Å². The van der Waals surface area contributed by atoms with Gasteiger partial charge in [-0.25, -0.2) is 0 Å². The second kappa shape index (κ2) is 8.30. The molecule has 2 rings (SSSR count). The van der Waals surface area contributed by atoms with Gasteiger partial charge in [-0.2, -0.15) is 5.10 Å². The van der Waals surface area contributed by atoms with E-state index in [9.17, 15) is 0 Å². The summed E-state index contributed by atoms with van der Waals surface area (Å²) in [5, 5.41) is 4.26. The van der Waals surface area contributed by atoms with Crippen LogP contribution in [0, 0.1) is 0 Å². The molecule has 0 aromatic carbocycles. The first-order valence-electron chi connectivity index (χ1n) is 7.50. The Hall–Kier alpha value is -0.910. The minimum absolute atomic E-state index is 0.823. The molecule has 0 unspecified atom stereocenters. The molecule has 1 saturated heterocycles. The van der Waals surface area contributed by atoms with Crippen molar-refractivity contribution in [1.29, 1.82) is 0 Å². The van der Waals surface area contributed by atoms with Gasteiger partial charge in [-0.15, -0.1) is 0 Å². The molecule has 1 fully saturated rings. The Morgan fingerprint density at radius 1 is 0.947 bits per heavy atom. The number of rotatable bonds is 7. The number of hydrogen-bond donors (Lipinski definition) is 1. The predicted molar refractivity (Wildman–Crippen MR) is 78.0 cm³/mol. The number of aromatic nitrogens is 2. The highest BCUT2D eigenvalue weighted by atomic mass is 15.3. The SMILES string of the molecule is NCCCCN1CCCN(CCn2cccn2)CC1. The molecule has 0 aliphatic carbocycles. The van der Waals surface area contributed by atoms with Gasteiger partial charge < -0.3 is 15.5 Å². The van der Waals surface area contributed by atoms with Gasteiger partial charge in [-0.05, 0) is 51.5 Å². The highest BCUT2D eigenvalue weighted by molar-refractivity contribution is 4.78. The largest absolute Gasteiger partial charge is 0.330 e. The lowest BCUT2D eigenvalue weighted by Crippen LogP contribution is -2.33. The Balaban J connectivity index is 1.65. The molecule has 1 aromatic rings. The van der Waals surface area contributed by atoms with Crippen LogP contribution in [-0.4, -0.2) is 65.4 Å². The van der Waals surface area contributed by atoms with Crippen LogP contribution in [0.5, 0.6) is 0 Å². The summed E-state index contributed by atoms with van der Waals surface area (Å²) in [7, 11) is 0. The van der Waals surface area contributed by atoms with Crippen molar-refractivity contribution in [3.05, 3.63) is 18.5 Å². The van der Waals surface area contributed by atoms with Gasteiger partial charge in [-0.1, -0.05) is 0 Å². The highest BCUT2D eigenvalue weighted by Crippen LogP contribution is 2.04. The zero-order chi connectivity index (χ0) is 13.3. The lowest BCUT2D eigenvalue weighted by Gasteiger charge is -2.21. The van der Waals surface area contributed by atoms with E-state index in [1.165, 1.54) is 45.6 Å². The van der Waals surface area contributed by atoms with E-state index in [0.29, 0.717) is 0 Å². The highest BCUT2D eigenvalue weighted by Gasteiger charge is 2.14. The van der Waals surface area contributed by atoms with Crippen LogP contribution >= 0.6 is 0 Å². The van der Waals surface area contributed by atoms with Crippen LogP contribution in [-0.2, 0) is 6.54 Å². The molecule has 108 valence electrons. The van der Waals surface area contributed by atoms with Crippen molar-refractivity contribution in [3.8, 4) is 0 Å². The number of hydrogen-bond acceptors (Lipinski definition) is 4. The smallest absolute Gasteiger partial charge is 0.0536 e. The van der Waals surface area contributed by atoms with Gasteiger partial charge in [0.2, 0.25) is 0 Å². The average Bonchev–Trinajstić information content (AvgIpc) is 2.84. The van der Waals surface area contributed by atoms with Crippen molar-refractivity contribution < 1.29 is 0 Å². The number of nitrogens with two attached hydrogens (primary N) is 1. The molecule has 2 heterocycles. The van der Waals surface area contributed by atoms with Crippen LogP contribution in [0.1, 0.15) is 19.3 Å². The van der Waals surface area contributed by atoms with Crippen molar-refractivity contribution in [2.24, 2.45) is 5.73 Å². The monoisotopic (exact) mass is 265 g/mol. The maximum absolute atomic E-state index is 5.55. The van der Waals surface area contributed by atoms with Gasteiger partial charge in [0, 0.05) is 32.0 Å². The topological polar surface area (TPSA) is 50.3 Å². The molecule has 0 radical (unpaired) electrons. The van der Waals surface area contributed by atoms with E-state index in [2.05, 4.69) is 14.9 Å². The van der Waals surface area contributed by atoms with Crippen molar-refractivity contribution in [1.82, 2.24) is 19.6 Å². The van der Waals surface area contributed by atoms with E-state index in [4.69, 9.17) is 5.73 Å². The summed E-state index contributed by atoms with van der Waals surface area (Å²) >= 11 is 0. The Morgan fingerprint density at radius 2 is 1.74 bits per heavy atom. The van der Waals surface area contributed by atoms with Crippen LogP contribution in [0.25, 0.3) is 0 Å². The van der Waals surface area contributed by atoms with Gasteiger partial charge >= 0.3 is 0 Å². The summed E-state index contributed by atoms with van der Waals surface area (Å²) in [5.74, 6) is 0. The Bertz CT molecular complexity index is 325. The molecular weight excluding hydrogens is 238 g/mol. The molecule has 5 nitrogen and oxygen atoms in total. The van der Waals surface area contributed by atoms with Crippen LogP contribution in [0.15, 0.2) is 18.5 Å². The molecule has 0 bridgehead atoms. The molecular formula is C14H27N5. The maximum Gasteiger partial charge on any atom is 0.0536 e. The number of nitrogens with zero attached hydrogens (tertiary/aromatic N) is 4. The van der Waals surface area contributed by atoms with Crippen LogP contribution in [0.2, 0.25) is 0 Å². The van der Waals surface area contributed by atoms with Crippen LogP contribution in [0.3, 0.4) is 0 Å². The lowest BCUT2D eigenvalue weighted by atomic mass is 10.3. The van der Waals surface area contributed by atoms with E-state index in [1.54, 1.807) is 0 Å². The van der Waals surface area contributed by atoms with Crippen LogP contribution in [0.4, 0.5) is 0 Å². The van der Waals surface area contributed by atoms with E-state index >= 15 is 0 Å². The fraction of sp³-hybridized carbons (Fsp3) is 0.786. The first kappa shape index (κ1) is 14.5. The first-order chi connectivity index (χ1) is 9.38. The van der Waals surface area contributed by atoms with Gasteiger partial charge in [0.25, 0.3) is 0 Å². The third-order valence-corrected chi connectivity index (χ3v) is 3.81. The fourth-order valence-corrected chi connectivity index (χ4v) is 2.63. The lowest BCUT2D eigenvalue weighted by molar-refractivity contribution is 0.246. The minimum Gasteiger partial charge on any atom is -0.330 e. The summed E-state index contributed by atoms with van der Waals surface area (Å²) in [6.07, 6.45) is 7.56. The molecule has 5 heteroatoms. The van der Waals surface area contributed by atoms with Crippen molar-refractivity contribution in [2.75, 3.05) is 45.8 Å². The molecule has 1 aliphatic heterocycles. The van der Waals surface area contributed by atoms with E-state index in [0.717, 1.165) is 26.1 Å². The van der Waals surface area contributed by atoms with E-state index < -0.39 is 0 Å². The van der Waals surface area contributed by atoms with E-state index in [1.807, 2.05) is 23.1 Å². The van der Waals surface area contributed by atoms with Gasteiger partial charge in [-0.3, -0.25) is 4.68 Å². The second-order valence-corrected chi connectivity index (χ2v) is 5.30. The maximum atomic E-state index is 5.55. The normalized spacial score (nSPS) is 18.6. The molecule has 19 heavy (non-hydrogen) atoms. The summed E-state index contributed by atoms with van der Waals surface area (Å²) in [6, 6.07) is 1.99. The summed E-state index contributed by atoms with van der Waals surface area (Å²) in [5.41, 5.74) is 5.55. The zero-order valence-electron chi connectivity index (χ0n) is 11.9. The molecule has 2 N–H and O–H groups in total. The Labute approximate surface area is 116 Å². The summed E-state index contributed by atoms with van der Waals surface area (Å²) in [4.78, 5) is 5.15. The third kappa shape index (κ3) is 5.30. The summed E-state index contributed by atoms with van der Waals surface area (Å²) < 4.78 is 2.02. The first-order valence-corrected chi connectivity index (χ1v) is 7.50. The molecule has 0 amide bonds. The van der Waals surface area contributed by atoms with E-state index in [-0.39, 0.29) is 0 Å². The molecule has 0 spiro atoms. The third-order valence-electron chi connectivity index (χ3n) is 3.81. The Morgan fingerprint density at radius 3 is 2.42 bits per heavy atom. The van der Waals surface area contributed by atoms with Gasteiger partial charge in [0.1, 0.15) is 0 Å². The quantitative estimate of drug-likeness (QED) is 0.735. The molecule has 1 aliphatic rings. The van der Waals surface area contributed by atoms with Crippen molar-refractivity contribution in [3.63, 3.8) is 0 Å². The predicted octanol–water partition coefficient (Wildman–Crippen LogP) is 0.630. The molecule has 1 aromatic heterocycles. The second-order valence-electron chi connectivity index (χ2n) is 5.30. The van der Waals surface area contributed by atoms with Crippen LogP contribution < -0.4 is 5.73 Å². The Kier molecular flexibility index (Phi) is 6.33. The van der Waals surface area contributed by atoms with Crippen molar-refractivity contribution in [2.45, 2.75) is 25.8 Å². The zero-order valence-corrected chi connectivity index (χ0v) is 11.9. The summed E-state index contributed by atoms with van der Waals surface area (Å²) in [6.45, 7) is 8.98. The fourth-order valence-electron chi connectivity index (χ4n) is 2.63. The molecule has 0 saturated carbocycles. The standard InChI is InChI=1S/C14H27N5/c15-5-1-2-7-17-8-4-9-18(12-11-17)13-14-19-10-3-6-16-19/h3,6,10H,1-2,4-5,7-9,11-15H2. The van der Waals surface area contributed by atoms with Gasteiger partial charge in [0.15, 0.2) is 0 Å². The minimum atomic E-state index is 0.823. The number of unbranched alkanes of at least 4 members (excludes halogenated alkanes) is 1. The molecule has 0 atom stereocenters. The average molecular weight is 265 g/mol. The van der Waals surface area contributed by atoms with Crippen molar-refractivity contribution >= 4 is 0 Å².